The Labute approximate surface area is 76.7 Å². The molecule has 0 saturated heterocycles. The van der Waals surface area contributed by atoms with E-state index in [-0.39, 0.29) is 0 Å². The molecule has 2 aliphatic carbocycles. The van der Waals surface area contributed by atoms with Gasteiger partial charge in [-0.25, -0.2) is 0 Å². The molecule has 0 heterocycles. The molecule has 0 nitrogen and oxygen atoms in total. The van der Waals surface area contributed by atoms with Crippen molar-refractivity contribution in [2.75, 3.05) is 0 Å². The minimum Gasteiger partial charge on any atom is -0.0651 e. The highest BCUT2D eigenvalue weighted by molar-refractivity contribution is 5.11. The van der Waals surface area contributed by atoms with Gasteiger partial charge >= 0.3 is 0 Å². The van der Waals surface area contributed by atoms with E-state index in [0.29, 0.717) is 0 Å². The summed E-state index contributed by atoms with van der Waals surface area (Å²) >= 11 is 0. The van der Waals surface area contributed by atoms with E-state index in [9.17, 15) is 0 Å². The van der Waals surface area contributed by atoms with Gasteiger partial charge in [0.2, 0.25) is 0 Å². The number of rotatable bonds is 2. The van der Waals surface area contributed by atoms with Gasteiger partial charge in [-0.1, -0.05) is 34.1 Å². The van der Waals surface area contributed by atoms with Crippen molar-refractivity contribution in [1.29, 1.82) is 0 Å². The monoisotopic (exact) mass is 166 g/mol. The van der Waals surface area contributed by atoms with Gasteiger partial charge in [-0.3, -0.25) is 0 Å². The van der Waals surface area contributed by atoms with E-state index in [1.165, 1.54) is 19.3 Å². The van der Waals surface area contributed by atoms with Crippen LogP contribution in [0.15, 0.2) is 0 Å². The van der Waals surface area contributed by atoms with E-state index in [1.807, 2.05) is 0 Å². The first-order chi connectivity index (χ1) is 5.59. The van der Waals surface area contributed by atoms with Crippen molar-refractivity contribution in [2.24, 2.45) is 29.1 Å². The van der Waals surface area contributed by atoms with E-state index in [1.54, 1.807) is 0 Å². The summed E-state index contributed by atoms with van der Waals surface area (Å²) in [6.45, 7) is 9.70. The number of hydrogen-bond acceptors (Lipinski definition) is 0. The van der Waals surface area contributed by atoms with Gasteiger partial charge in [0.1, 0.15) is 0 Å². The molecule has 2 saturated carbocycles. The van der Waals surface area contributed by atoms with E-state index in [4.69, 9.17) is 0 Å². The van der Waals surface area contributed by atoms with Crippen LogP contribution in [0.4, 0.5) is 0 Å². The molecular weight excluding hydrogens is 144 g/mol. The first kappa shape index (κ1) is 8.59. The second-order valence-corrected chi connectivity index (χ2v) is 5.57. The van der Waals surface area contributed by atoms with Crippen molar-refractivity contribution in [3.8, 4) is 0 Å². The maximum absolute atomic E-state index is 2.52. The predicted octanol–water partition coefficient (Wildman–Crippen LogP) is 3.71. The summed E-state index contributed by atoms with van der Waals surface area (Å²) in [7, 11) is 0. The van der Waals surface area contributed by atoms with Crippen molar-refractivity contribution >= 4 is 0 Å². The Morgan fingerprint density at radius 3 is 2.42 bits per heavy atom. The minimum absolute atomic E-state index is 0.781. The lowest BCUT2D eigenvalue weighted by Gasteiger charge is -2.19. The van der Waals surface area contributed by atoms with Gasteiger partial charge in [-0.05, 0) is 41.9 Å². The van der Waals surface area contributed by atoms with Crippen molar-refractivity contribution in [1.82, 2.24) is 0 Å². The largest absolute Gasteiger partial charge is 0.0651 e. The zero-order chi connectivity index (χ0) is 8.93. The van der Waals surface area contributed by atoms with Crippen LogP contribution in [0.25, 0.3) is 0 Å². The van der Waals surface area contributed by atoms with E-state index < -0.39 is 0 Å². The lowest BCUT2D eigenvalue weighted by Crippen LogP contribution is -2.10. The summed E-state index contributed by atoms with van der Waals surface area (Å²) in [4.78, 5) is 0. The quantitative estimate of drug-likeness (QED) is 0.586. The van der Waals surface area contributed by atoms with E-state index in [2.05, 4.69) is 27.7 Å². The molecule has 0 aromatic heterocycles. The lowest BCUT2D eigenvalue weighted by molar-refractivity contribution is 0.307. The number of fused-ring (bicyclic) bond motifs is 1. The lowest BCUT2D eigenvalue weighted by atomic mass is 9.86. The molecule has 0 amide bonds. The molecule has 4 unspecified atom stereocenters. The second-order valence-electron chi connectivity index (χ2n) is 5.57. The fourth-order valence-corrected chi connectivity index (χ4v) is 3.66. The topological polar surface area (TPSA) is 0 Å². The predicted molar refractivity (Wildman–Crippen MR) is 52.9 cm³/mol. The standard InChI is InChI=1S/C12H22/c1-5-9-6-10(8(2)3)11-7-12(9,11)4/h8-11H,5-7H2,1-4H3. The molecule has 0 bridgehead atoms. The highest BCUT2D eigenvalue weighted by atomic mass is 14.7. The van der Waals surface area contributed by atoms with Crippen molar-refractivity contribution in [2.45, 2.75) is 47.0 Å². The Balaban J connectivity index is 2.08. The van der Waals surface area contributed by atoms with Crippen LogP contribution in [0, 0.1) is 29.1 Å². The van der Waals surface area contributed by atoms with Gasteiger partial charge < -0.3 is 0 Å². The molecule has 0 N–H and O–H groups in total. The molecule has 0 spiro atoms. The molecule has 70 valence electrons. The fourth-order valence-electron chi connectivity index (χ4n) is 3.66. The van der Waals surface area contributed by atoms with Gasteiger partial charge in [0.15, 0.2) is 0 Å². The maximum Gasteiger partial charge on any atom is -0.0263 e. The molecule has 12 heavy (non-hydrogen) atoms. The summed E-state index contributed by atoms with van der Waals surface area (Å²) in [5.41, 5.74) is 0.781. The van der Waals surface area contributed by atoms with Crippen LogP contribution in [0.2, 0.25) is 0 Å². The third-order valence-electron chi connectivity index (χ3n) is 4.70. The van der Waals surface area contributed by atoms with Crippen molar-refractivity contribution < 1.29 is 0 Å². The van der Waals surface area contributed by atoms with Crippen molar-refractivity contribution in [3.05, 3.63) is 0 Å². The van der Waals surface area contributed by atoms with Gasteiger partial charge in [-0.15, -0.1) is 0 Å². The van der Waals surface area contributed by atoms with Crippen LogP contribution in [-0.2, 0) is 0 Å². The molecule has 2 fully saturated rings. The Morgan fingerprint density at radius 1 is 1.42 bits per heavy atom. The summed E-state index contributed by atoms with van der Waals surface area (Å²) in [5, 5.41) is 0. The van der Waals surface area contributed by atoms with E-state index >= 15 is 0 Å². The fraction of sp³-hybridized carbons (Fsp3) is 1.00. The average molecular weight is 166 g/mol. The highest BCUT2D eigenvalue weighted by Crippen LogP contribution is 2.70. The third-order valence-corrected chi connectivity index (χ3v) is 4.70. The Bertz CT molecular complexity index is 182. The van der Waals surface area contributed by atoms with Crippen LogP contribution in [0.3, 0.4) is 0 Å². The van der Waals surface area contributed by atoms with Crippen LogP contribution >= 0.6 is 0 Å². The minimum atomic E-state index is 0.781. The van der Waals surface area contributed by atoms with Crippen LogP contribution in [0.5, 0.6) is 0 Å². The maximum atomic E-state index is 2.52. The third kappa shape index (κ3) is 0.963. The summed E-state index contributed by atoms with van der Waals surface area (Å²) < 4.78 is 0. The molecule has 0 aliphatic heterocycles. The SMILES string of the molecule is CCC1CC(C(C)C)C2CC12C. The summed E-state index contributed by atoms with van der Waals surface area (Å²) in [6, 6.07) is 0. The second kappa shape index (κ2) is 2.49. The van der Waals surface area contributed by atoms with Crippen molar-refractivity contribution in [3.63, 3.8) is 0 Å². The van der Waals surface area contributed by atoms with Gasteiger partial charge in [0, 0.05) is 0 Å². The molecule has 4 atom stereocenters. The molecule has 2 aliphatic rings. The summed E-state index contributed by atoms with van der Waals surface area (Å²) in [5.74, 6) is 4.13. The first-order valence-corrected chi connectivity index (χ1v) is 5.59. The zero-order valence-electron chi connectivity index (χ0n) is 8.93. The highest BCUT2D eigenvalue weighted by Gasteiger charge is 2.62. The molecule has 0 aromatic rings. The van der Waals surface area contributed by atoms with Gasteiger partial charge in [0.25, 0.3) is 0 Å². The normalized spacial score (nSPS) is 51.2. The molecule has 2 rings (SSSR count). The zero-order valence-corrected chi connectivity index (χ0v) is 8.93. The van der Waals surface area contributed by atoms with E-state index in [0.717, 1.165) is 29.1 Å². The van der Waals surface area contributed by atoms with Gasteiger partial charge in [-0.2, -0.15) is 0 Å². The Hall–Kier alpha value is 0. The smallest absolute Gasteiger partial charge is 0.0263 e. The van der Waals surface area contributed by atoms with Crippen LogP contribution in [-0.4, -0.2) is 0 Å². The molecule has 0 aromatic carbocycles. The average Bonchev–Trinajstić information content (AvgIpc) is 2.57. The molecule has 0 radical (unpaired) electrons. The van der Waals surface area contributed by atoms with Crippen LogP contribution < -0.4 is 0 Å². The Morgan fingerprint density at radius 2 is 2.08 bits per heavy atom. The molecule has 0 heteroatoms. The van der Waals surface area contributed by atoms with Crippen LogP contribution in [0.1, 0.15) is 47.0 Å². The summed E-state index contributed by atoms with van der Waals surface area (Å²) in [6.07, 6.45) is 4.47. The number of hydrogen-bond donors (Lipinski definition) is 0. The molecular formula is C12H22. The Kier molecular flexibility index (Phi) is 1.79. The van der Waals surface area contributed by atoms with Gasteiger partial charge in [0.05, 0.1) is 0 Å². The first-order valence-electron chi connectivity index (χ1n) is 5.59.